The average Bonchev–Trinajstić information content (AvgIpc) is 2.46. The number of ether oxygens (including phenoxy) is 1. The zero-order valence-electron chi connectivity index (χ0n) is 12.4. The van der Waals surface area contributed by atoms with Crippen molar-refractivity contribution in [2.45, 2.75) is 38.1 Å². The fraction of sp³-hybridized carbons (Fsp3) is 0.562. The first kappa shape index (κ1) is 14.9. The highest BCUT2D eigenvalue weighted by Gasteiger charge is 2.34. The van der Waals surface area contributed by atoms with E-state index in [1.807, 2.05) is 0 Å². The van der Waals surface area contributed by atoms with Crippen LogP contribution in [0.2, 0.25) is 0 Å². The number of nitrogens with two attached hydrogens (primary N) is 1. The second-order valence-corrected chi connectivity index (χ2v) is 5.76. The summed E-state index contributed by atoms with van der Waals surface area (Å²) in [4.78, 5) is 4.56. The van der Waals surface area contributed by atoms with Crippen LogP contribution in [0.3, 0.4) is 0 Å². The molecule has 1 aliphatic rings. The third kappa shape index (κ3) is 3.73. The van der Waals surface area contributed by atoms with E-state index < -0.39 is 0 Å². The van der Waals surface area contributed by atoms with Crippen molar-refractivity contribution in [2.75, 3.05) is 19.8 Å². The maximum atomic E-state index is 5.94. The van der Waals surface area contributed by atoms with E-state index in [2.05, 4.69) is 54.5 Å². The summed E-state index contributed by atoms with van der Waals surface area (Å²) in [7, 11) is 0. The highest BCUT2D eigenvalue weighted by atomic mass is 16.5. The molecule has 0 unspecified atom stereocenters. The number of hydrogen-bond donors (Lipinski definition) is 2. The fourth-order valence-corrected chi connectivity index (χ4v) is 2.67. The van der Waals surface area contributed by atoms with Gasteiger partial charge in [-0.15, -0.1) is 0 Å². The molecule has 0 radical (unpaired) electrons. The third-order valence-corrected chi connectivity index (χ3v) is 3.82. The maximum Gasteiger partial charge on any atom is 0.188 e. The molecule has 0 aliphatic carbocycles. The van der Waals surface area contributed by atoms with Gasteiger partial charge in [-0.05, 0) is 32.3 Å². The van der Waals surface area contributed by atoms with Crippen molar-refractivity contribution >= 4 is 5.96 Å². The molecular weight excluding hydrogens is 250 g/mol. The van der Waals surface area contributed by atoms with E-state index in [1.165, 1.54) is 5.56 Å². The number of guanidine groups is 1. The van der Waals surface area contributed by atoms with Gasteiger partial charge in [0.25, 0.3) is 0 Å². The summed E-state index contributed by atoms with van der Waals surface area (Å²) >= 11 is 0. The van der Waals surface area contributed by atoms with Gasteiger partial charge < -0.3 is 15.8 Å². The smallest absolute Gasteiger partial charge is 0.188 e. The van der Waals surface area contributed by atoms with Crippen molar-refractivity contribution in [1.29, 1.82) is 0 Å². The predicted octanol–water partition coefficient (Wildman–Crippen LogP) is 2.05. The van der Waals surface area contributed by atoms with Crippen LogP contribution >= 0.6 is 0 Å². The zero-order chi connectivity index (χ0) is 14.4. The Kier molecular flexibility index (Phi) is 5.01. The van der Waals surface area contributed by atoms with E-state index in [4.69, 9.17) is 10.5 Å². The van der Waals surface area contributed by atoms with Gasteiger partial charge in [0.05, 0.1) is 6.54 Å². The number of aliphatic imine (C=N–C) groups is 1. The van der Waals surface area contributed by atoms with Crippen LogP contribution < -0.4 is 11.1 Å². The van der Waals surface area contributed by atoms with Crippen LogP contribution in [0.25, 0.3) is 0 Å². The van der Waals surface area contributed by atoms with Gasteiger partial charge in [0.1, 0.15) is 0 Å². The number of nitrogens with zero attached hydrogens (tertiary/aromatic N) is 1. The molecule has 1 aromatic carbocycles. The van der Waals surface area contributed by atoms with Crippen LogP contribution in [0.15, 0.2) is 35.3 Å². The van der Waals surface area contributed by atoms with Gasteiger partial charge in [0, 0.05) is 24.7 Å². The Labute approximate surface area is 121 Å². The SMILES string of the molecule is CC(C)NC(N)=NCC1(c2ccccc2)CCOCC1. The fourth-order valence-electron chi connectivity index (χ4n) is 2.67. The van der Waals surface area contributed by atoms with E-state index in [0.29, 0.717) is 18.5 Å². The van der Waals surface area contributed by atoms with E-state index in [9.17, 15) is 0 Å². The number of nitrogens with one attached hydrogen (secondary N) is 1. The summed E-state index contributed by atoms with van der Waals surface area (Å²) in [6.07, 6.45) is 1.99. The predicted molar refractivity (Wildman–Crippen MR) is 82.9 cm³/mol. The normalized spacial score (nSPS) is 19.1. The topological polar surface area (TPSA) is 59.6 Å². The van der Waals surface area contributed by atoms with E-state index >= 15 is 0 Å². The number of benzene rings is 1. The molecule has 4 nitrogen and oxygen atoms in total. The van der Waals surface area contributed by atoms with Crippen LogP contribution in [0.4, 0.5) is 0 Å². The molecule has 1 heterocycles. The summed E-state index contributed by atoms with van der Waals surface area (Å²) in [5, 5.41) is 3.15. The van der Waals surface area contributed by atoms with Crippen LogP contribution in [0, 0.1) is 0 Å². The van der Waals surface area contributed by atoms with Crippen molar-refractivity contribution in [1.82, 2.24) is 5.32 Å². The van der Waals surface area contributed by atoms with E-state index in [1.54, 1.807) is 0 Å². The summed E-state index contributed by atoms with van der Waals surface area (Å²) in [5.74, 6) is 0.529. The van der Waals surface area contributed by atoms with Crippen molar-refractivity contribution < 1.29 is 4.74 Å². The third-order valence-electron chi connectivity index (χ3n) is 3.82. The van der Waals surface area contributed by atoms with Gasteiger partial charge >= 0.3 is 0 Å². The molecule has 1 saturated heterocycles. The molecule has 2 rings (SSSR count). The second-order valence-electron chi connectivity index (χ2n) is 5.76. The molecule has 20 heavy (non-hydrogen) atoms. The molecule has 0 saturated carbocycles. The number of rotatable bonds is 4. The van der Waals surface area contributed by atoms with Crippen molar-refractivity contribution in [3.05, 3.63) is 35.9 Å². The van der Waals surface area contributed by atoms with E-state index in [0.717, 1.165) is 26.1 Å². The molecule has 1 aromatic rings. The monoisotopic (exact) mass is 275 g/mol. The number of hydrogen-bond acceptors (Lipinski definition) is 2. The zero-order valence-corrected chi connectivity index (χ0v) is 12.4. The minimum atomic E-state index is 0.0583. The molecule has 1 fully saturated rings. The van der Waals surface area contributed by atoms with Gasteiger partial charge in [-0.1, -0.05) is 30.3 Å². The van der Waals surface area contributed by atoms with Gasteiger partial charge in [-0.2, -0.15) is 0 Å². The molecule has 1 aliphatic heterocycles. The lowest BCUT2D eigenvalue weighted by Crippen LogP contribution is -2.40. The van der Waals surface area contributed by atoms with Crippen molar-refractivity contribution in [3.8, 4) is 0 Å². The summed E-state index contributed by atoms with van der Waals surface area (Å²) in [6.45, 7) is 6.42. The lowest BCUT2D eigenvalue weighted by molar-refractivity contribution is 0.0531. The Morgan fingerprint density at radius 3 is 2.55 bits per heavy atom. The minimum Gasteiger partial charge on any atom is -0.381 e. The first-order valence-electron chi connectivity index (χ1n) is 7.32. The first-order valence-corrected chi connectivity index (χ1v) is 7.32. The van der Waals surface area contributed by atoms with Gasteiger partial charge in [-0.3, -0.25) is 4.99 Å². The van der Waals surface area contributed by atoms with Crippen molar-refractivity contribution in [2.24, 2.45) is 10.7 Å². The van der Waals surface area contributed by atoms with Gasteiger partial charge in [-0.25, -0.2) is 0 Å². The van der Waals surface area contributed by atoms with Gasteiger partial charge in [0.2, 0.25) is 0 Å². The molecule has 0 atom stereocenters. The standard InChI is InChI=1S/C16H25N3O/c1-13(2)19-15(17)18-12-16(8-10-20-11-9-16)14-6-4-3-5-7-14/h3-7,13H,8-12H2,1-2H3,(H3,17,18,19). The Morgan fingerprint density at radius 2 is 1.95 bits per heavy atom. The minimum absolute atomic E-state index is 0.0583. The summed E-state index contributed by atoms with van der Waals surface area (Å²) in [6, 6.07) is 10.9. The largest absolute Gasteiger partial charge is 0.381 e. The maximum absolute atomic E-state index is 5.94. The highest BCUT2D eigenvalue weighted by molar-refractivity contribution is 5.78. The lowest BCUT2D eigenvalue weighted by Gasteiger charge is -2.36. The van der Waals surface area contributed by atoms with Crippen LogP contribution in [0.1, 0.15) is 32.3 Å². The Hall–Kier alpha value is -1.55. The molecule has 0 bridgehead atoms. The summed E-state index contributed by atoms with van der Waals surface area (Å²) in [5.41, 5.74) is 7.33. The highest BCUT2D eigenvalue weighted by Crippen LogP contribution is 2.35. The van der Waals surface area contributed by atoms with E-state index in [-0.39, 0.29) is 5.41 Å². The van der Waals surface area contributed by atoms with Gasteiger partial charge in [0.15, 0.2) is 5.96 Å². The summed E-state index contributed by atoms with van der Waals surface area (Å²) < 4.78 is 5.52. The first-order chi connectivity index (χ1) is 9.62. The second kappa shape index (κ2) is 6.75. The Morgan fingerprint density at radius 1 is 1.30 bits per heavy atom. The van der Waals surface area contributed by atoms with Crippen LogP contribution in [-0.4, -0.2) is 31.8 Å². The molecule has 3 N–H and O–H groups in total. The Bertz CT molecular complexity index is 436. The quantitative estimate of drug-likeness (QED) is 0.653. The molecule has 0 aromatic heterocycles. The van der Waals surface area contributed by atoms with Crippen LogP contribution in [-0.2, 0) is 10.2 Å². The lowest BCUT2D eigenvalue weighted by atomic mass is 9.74. The average molecular weight is 275 g/mol. The van der Waals surface area contributed by atoms with Crippen molar-refractivity contribution in [3.63, 3.8) is 0 Å². The molecule has 110 valence electrons. The Balaban J connectivity index is 2.16. The molecule has 0 spiro atoms. The van der Waals surface area contributed by atoms with Crippen LogP contribution in [0.5, 0.6) is 0 Å². The molecule has 0 amide bonds. The molecule has 4 heteroatoms. The molecular formula is C16H25N3O.